The van der Waals surface area contributed by atoms with E-state index in [1.807, 2.05) is 30.5 Å². The zero-order valence-corrected chi connectivity index (χ0v) is 16.5. The zero-order chi connectivity index (χ0) is 19.6. The van der Waals surface area contributed by atoms with Crippen molar-refractivity contribution >= 4 is 17.1 Å². The fourth-order valence-corrected chi connectivity index (χ4v) is 4.16. The Balaban J connectivity index is 1.29. The number of hydrogen-bond acceptors (Lipinski definition) is 5. The molecule has 5 rings (SSSR count). The number of anilines is 1. The van der Waals surface area contributed by atoms with Crippen LogP contribution >= 0.6 is 0 Å². The number of benzene rings is 2. The van der Waals surface area contributed by atoms with Crippen LogP contribution < -0.4 is 5.32 Å². The van der Waals surface area contributed by atoms with Crippen molar-refractivity contribution in [3.05, 3.63) is 77.9 Å². The van der Waals surface area contributed by atoms with E-state index in [1.165, 1.54) is 11.1 Å². The summed E-state index contributed by atoms with van der Waals surface area (Å²) in [6.07, 6.45) is 5.77. The monoisotopic (exact) mass is 387 g/mol. The predicted octanol–water partition coefficient (Wildman–Crippen LogP) is 4.53. The summed E-state index contributed by atoms with van der Waals surface area (Å²) >= 11 is 0. The first-order chi connectivity index (χ1) is 14.3. The number of piperidine rings is 1. The van der Waals surface area contributed by atoms with Crippen LogP contribution in [0.1, 0.15) is 35.7 Å². The van der Waals surface area contributed by atoms with E-state index in [0.717, 1.165) is 42.7 Å². The van der Waals surface area contributed by atoms with Gasteiger partial charge >= 0.3 is 0 Å². The molecule has 1 aliphatic rings. The molecule has 1 atom stereocenters. The minimum Gasteiger partial charge on any atom is -0.424 e. The molecule has 0 aliphatic carbocycles. The molecule has 29 heavy (non-hydrogen) atoms. The summed E-state index contributed by atoms with van der Waals surface area (Å²) in [4.78, 5) is 14.7. The van der Waals surface area contributed by atoms with E-state index in [9.17, 15) is 0 Å². The lowest BCUT2D eigenvalue weighted by Crippen LogP contribution is -2.41. The molecule has 1 unspecified atom stereocenters. The Kier molecular flexibility index (Phi) is 4.77. The van der Waals surface area contributed by atoms with E-state index in [4.69, 9.17) is 4.42 Å². The molecule has 0 spiro atoms. The minimum atomic E-state index is 0.198. The van der Waals surface area contributed by atoms with Gasteiger partial charge in [0.15, 0.2) is 5.58 Å². The minimum absolute atomic E-state index is 0.198. The second-order valence-corrected chi connectivity index (χ2v) is 7.76. The largest absolute Gasteiger partial charge is 0.424 e. The van der Waals surface area contributed by atoms with Crippen LogP contribution in [0.2, 0.25) is 0 Å². The van der Waals surface area contributed by atoms with Gasteiger partial charge in [0.1, 0.15) is 5.52 Å². The summed E-state index contributed by atoms with van der Waals surface area (Å²) < 4.78 is 5.84. The first-order valence-electron chi connectivity index (χ1n) is 10.2. The number of H-pyrrole nitrogens is 1. The van der Waals surface area contributed by atoms with Crippen LogP contribution in [0.5, 0.6) is 0 Å². The molecule has 1 aliphatic heterocycles. The summed E-state index contributed by atoms with van der Waals surface area (Å²) in [6, 6.07) is 17.9. The SMILES string of the molecule is Cc1ccc(C(c2cnc[nH]2)N2CCC(Nc3nc4ccccc4o3)CC2)cc1. The number of oxazole rings is 1. The van der Waals surface area contributed by atoms with Gasteiger partial charge in [-0.05, 0) is 37.5 Å². The Bertz CT molecular complexity index is 1030. The highest BCUT2D eigenvalue weighted by molar-refractivity contribution is 5.74. The summed E-state index contributed by atoms with van der Waals surface area (Å²) in [5, 5.41) is 3.49. The number of aryl methyl sites for hydroxylation is 1. The topological polar surface area (TPSA) is 70.0 Å². The highest BCUT2D eigenvalue weighted by atomic mass is 16.4. The number of fused-ring (bicyclic) bond motifs is 1. The molecular formula is C23H25N5O. The number of hydrogen-bond donors (Lipinski definition) is 2. The lowest BCUT2D eigenvalue weighted by molar-refractivity contribution is 0.176. The van der Waals surface area contributed by atoms with E-state index in [0.29, 0.717) is 12.1 Å². The van der Waals surface area contributed by atoms with Crippen molar-refractivity contribution < 1.29 is 4.42 Å². The van der Waals surface area contributed by atoms with E-state index in [2.05, 4.69) is 56.4 Å². The molecule has 3 heterocycles. The average molecular weight is 387 g/mol. The number of rotatable bonds is 5. The summed E-state index contributed by atoms with van der Waals surface area (Å²) in [5.41, 5.74) is 5.43. The number of para-hydroxylation sites is 2. The summed E-state index contributed by atoms with van der Waals surface area (Å²) in [6.45, 7) is 4.11. The second-order valence-electron chi connectivity index (χ2n) is 7.76. The molecule has 148 valence electrons. The first kappa shape index (κ1) is 17.9. The van der Waals surface area contributed by atoms with Crippen LogP contribution in [0.4, 0.5) is 6.01 Å². The molecule has 2 aromatic heterocycles. The molecule has 4 aromatic rings. The molecule has 1 fully saturated rings. The smallest absolute Gasteiger partial charge is 0.295 e. The lowest BCUT2D eigenvalue weighted by Gasteiger charge is -2.37. The van der Waals surface area contributed by atoms with Crippen LogP contribution in [0.15, 0.2) is 65.5 Å². The molecule has 6 nitrogen and oxygen atoms in total. The Morgan fingerprint density at radius 2 is 1.90 bits per heavy atom. The van der Waals surface area contributed by atoms with E-state index in [1.54, 1.807) is 6.33 Å². The predicted molar refractivity (Wildman–Crippen MR) is 114 cm³/mol. The third-order valence-corrected chi connectivity index (χ3v) is 5.72. The van der Waals surface area contributed by atoms with Gasteiger partial charge in [0.2, 0.25) is 0 Å². The van der Waals surface area contributed by atoms with Crippen molar-refractivity contribution in [3.63, 3.8) is 0 Å². The molecule has 0 bridgehead atoms. The van der Waals surface area contributed by atoms with Crippen LogP contribution in [-0.2, 0) is 0 Å². The van der Waals surface area contributed by atoms with Crippen molar-refractivity contribution in [2.75, 3.05) is 18.4 Å². The van der Waals surface area contributed by atoms with Gasteiger partial charge in [-0.1, -0.05) is 42.0 Å². The molecule has 2 N–H and O–H groups in total. The van der Waals surface area contributed by atoms with Gasteiger partial charge in [-0.3, -0.25) is 4.90 Å². The van der Waals surface area contributed by atoms with Gasteiger partial charge in [0.25, 0.3) is 6.01 Å². The van der Waals surface area contributed by atoms with Gasteiger partial charge in [0.05, 0.1) is 18.1 Å². The third-order valence-electron chi connectivity index (χ3n) is 5.72. The van der Waals surface area contributed by atoms with E-state index < -0.39 is 0 Å². The summed E-state index contributed by atoms with van der Waals surface area (Å²) in [7, 11) is 0. The Labute approximate surface area is 170 Å². The van der Waals surface area contributed by atoms with Gasteiger partial charge < -0.3 is 14.7 Å². The molecule has 0 saturated carbocycles. The molecule has 0 radical (unpaired) electrons. The van der Waals surface area contributed by atoms with Crippen LogP contribution in [0.3, 0.4) is 0 Å². The second kappa shape index (κ2) is 7.72. The van der Waals surface area contributed by atoms with Crippen LogP contribution in [0.25, 0.3) is 11.1 Å². The number of likely N-dealkylation sites (tertiary alicyclic amines) is 1. The normalized spacial score (nSPS) is 16.9. The van der Waals surface area contributed by atoms with E-state index in [-0.39, 0.29) is 6.04 Å². The van der Waals surface area contributed by atoms with Crippen LogP contribution in [0, 0.1) is 6.92 Å². The van der Waals surface area contributed by atoms with Crippen molar-refractivity contribution in [3.8, 4) is 0 Å². The Morgan fingerprint density at radius 1 is 1.10 bits per heavy atom. The highest BCUT2D eigenvalue weighted by Crippen LogP contribution is 2.31. The number of aromatic amines is 1. The van der Waals surface area contributed by atoms with Gasteiger partial charge in [-0.25, -0.2) is 4.98 Å². The van der Waals surface area contributed by atoms with Crippen LogP contribution in [-0.4, -0.2) is 39.0 Å². The highest BCUT2D eigenvalue weighted by Gasteiger charge is 2.28. The Hall–Kier alpha value is -3.12. The quantitative estimate of drug-likeness (QED) is 0.527. The molecule has 2 aromatic carbocycles. The molecule has 0 amide bonds. The number of imidazole rings is 1. The van der Waals surface area contributed by atoms with Crippen molar-refractivity contribution in [2.24, 2.45) is 0 Å². The zero-order valence-electron chi connectivity index (χ0n) is 16.5. The van der Waals surface area contributed by atoms with E-state index >= 15 is 0 Å². The fraction of sp³-hybridized carbons (Fsp3) is 0.304. The van der Waals surface area contributed by atoms with Gasteiger partial charge in [-0.15, -0.1) is 0 Å². The maximum atomic E-state index is 5.84. The molecule has 6 heteroatoms. The maximum Gasteiger partial charge on any atom is 0.295 e. The standard InChI is InChI=1S/C23H25N5O/c1-16-6-8-17(9-7-16)22(20-14-24-15-25-20)28-12-10-18(11-13-28)26-23-27-19-4-2-3-5-21(19)29-23/h2-9,14-15,18,22H,10-13H2,1H3,(H,24,25)(H,26,27). The van der Waals surface area contributed by atoms with Crippen molar-refractivity contribution in [1.29, 1.82) is 0 Å². The molecule has 1 saturated heterocycles. The number of aromatic nitrogens is 3. The van der Waals surface area contributed by atoms with Gasteiger partial charge in [0, 0.05) is 25.3 Å². The fourth-order valence-electron chi connectivity index (χ4n) is 4.16. The first-order valence-corrected chi connectivity index (χ1v) is 10.2. The molecular weight excluding hydrogens is 362 g/mol. The third kappa shape index (κ3) is 3.76. The van der Waals surface area contributed by atoms with Crippen molar-refractivity contribution in [1.82, 2.24) is 19.9 Å². The number of nitrogens with one attached hydrogen (secondary N) is 2. The Morgan fingerprint density at radius 3 is 2.62 bits per heavy atom. The summed E-state index contributed by atoms with van der Waals surface area (Å²) in [5.74, 6) is 0. The van der Waals surface area contributed by atoms with Gasteiger partial charge in [-0.2, -0.15) is 4.98 Å². The average Bonchev–Trinajstić information content (AvgIpc) is 3.40. The number of nitrogens with zero attached hydrogens (tertiary/aromatic N) is 3. The van der Waals surface area contributed by atoms with Crippen molar-refractivity contribution in [2.45, 2.75) is 31.8 Å². The maximum absolute atomic E-state index is 5.84. The lowest BCUT2D eigenvalue weighted by atomic mass is 9.97.